The standard InChI is InChI=1S/C13H18O3/c1-7-8(2)10(4)13-12(9(7)3)15-6-11(5-14)16-13/h11,14H,5-6H2,1-4H3. The van der Waals surface area contributed by atoms with E-state index in [0.717, 1.165) is 22.6 Å². The maximum atomic E-state index is 9.10. The van der Waals surface area contributed by atoms with Gasteiger partial charge < -0.3 is 14.6 Å². The number of rotatable bonds is 1. The van der Waals surface area contributed by atoms with E-state index in [0.29, 0.717) is 6.61 Å². The molecule has 1 unspecified atom stereocenters. The third kappa shape index (κ3) is 1.55. The van der Waals surface area contributed by atoms with Gasteiger partial charge >= 0.3 is 0 Å². The van der Waals surface area contributed by atoms with Crippen LogP contribution in [0.15, 0.2) is 0 Å². The van der Waals surface area contributed by atoms with Crippen molar-refractivity contribution in [2.24, 2.45) is 0 Å². The fourth-order valence-corrected chi connectivity index (χ4v) is 2.03. The quantitative estimate of drug-likeness (QED) is 0.790. The molecule has 0 saturated carbocycles. The first-order valence-corrected chi connectivity index (χ1v) is 5.57. The minimum Gasteiger partial charge on any atom is -0.485 e. The molecule has 0 aromatic heterocycles. The largest absolute Gasteiger partial charge is 0.485 e. The number of aliphatic hydroxyl groups excluding tert-OH is 1. The van der Waals surface area contributed by atoms with Gasteiger partial charge in [-0.1, -0.05) is 0 Å². The minimum atomic E-state index is -0.243. The lowest BCUT2D eigenvalue weighted by Crippen LogP contribution is -2.33. The lowest BCUT2D eigenvalue weighted by Gasteiger charge is -2.29. The van der Waals surface area contributed by atoms with Gasteiger partial charge in [-0.3, -0.25) is 0 Å². The van der Waals surface area contributed by atoms with Gasteiger partial charge in [0.05, 0.1) is 6.61 Å². The highest BCUT2D eigenvalue weighted by Gasteiger charge is 2.25. The summed E-state index contributed by atoms with van der Waals surface area (Å²) >= 11 is 0. The third-order valence-electron chi connectivity index (χ3n) is 3.48. The first-order valence-electron chi connectivity index (χ1n) is 5.57. The van der Waals surface area contributed by atoms with Crippen LogP contribution in [0.25, 0.3) is 0 Å². The van der Waals surface area contributed by atoms with Gasteiger partial charge in [0.2, 0.25) is 0 Å². The van der Waals surface area contributed by atoms with Crippen LogP contribution in [0.3, 0.4) is 0 Å². The van der Waals surface area contributed by atoms with Crippen LogP contribution in [0.2, 0.25) is 0 Å². The first kappa shape index (κ1) is 11.3. The molecule has 1 atom stereocenters. The molecule has 16 heavy (non-hydrogen) atoms. The van der Waals surface area contributed by atoms with Crippen LogP contribution in [0, 0.1) is 27.7 Å². The molecule has 2 rings (SSSR count). The molecule has 1 N–H and O–H groups in total. The van der Waals surface area contributed by atoms with E-state index < -0.39 is 0 Å². The fourth-order valence-electron chi connectivity index (χ4n) is 2.03. The smallest absolute Gasteiger partial charge is 0.165 e. The molecule has 0 amide bonds. The zero-order valence-electron chi connectivity index (χ0n) is 10.3. The molecule has 0 saturated heterocycles. The Balaban J connectivity index is 2.56. The van der Waals surface area contributed by atoms with Crippen LogP contribution < -0.4 is 9.47 Å². The van der Waals surface area contributed by atoms with Crippen molar-refractivity contribution < 1.29 is 14.6 Å². The summed E-state index contributed by atoms with van der Waals surface area (Å²) in [5, 5.41) is 9.10. The second kappa shape index (κ2) is 3.98. The lowest BCUT2D eigenvalue weighted by molar-refractivity contribution is 0.0443. The number of hydrogen-bond acceptors (Lipinski definition) is 3. The fraction of sp³-hybridized carbons (Fsp3) is 0.538. The topological polar surface area (TPSA) is 38.7 Å². The van der Waals surface area contributed by atoms with E-state index in [1.54, 1.807) is 0 Å². The number of hydrogen-bond donors (Lipinski definition) is 1. The van der Waals surface area contributed by atoms with E-state index in [9.17, 15) is 0 Å². The average molecular weight is 222 g/mol. The Kier molecular flexibility index (Phi) is 2.80. The summed E-state index contributed by atoms with van der Waals surface area (Å²) in [6.45, 7) is 8.67. The van der Waals surface area contributed by atoms with Crippen molar-refractivity contribution in [1.29, 1.82) is 0 Å². The zero-order chi connectivity index (χ0) is 11.9. The zero-order valence-corrected chi connectivity index (χ0v) is 10.3. The number of fused-ring (bicyclic) bond motifs is 1. The van der Waals surface area contributed by atoms with E-state index in [1.165, 1.54) is 11.1 Å². The van der Waals surface area contributed by atoms with E-state index >= 15 is 0 Å². The monoisotopic (exact) mass is 222 g/mol. The summed E-state index contributed by atoms with van der Waals surface area (Å²) in [4.78, 5) is 0. The SMILES string of the molecule is Cc1c(C)c(C)c2c(c1C)OCC(CO)O2. The third-order valence-corrected chi connectivity index (χ3v) is 3.48. The molecule has 1 heterocycles. The summed E-state index contributed by atoms with van der Waals surface area (Å²) in [6, 6.07) is 0. The molecular weight excluding hydrogens is 204 g/mol. The second-order valence-electron chi connectivity index (χ2n) is 4.39. The van der Waals surface area contributed by atoms with Crippen molar-refractivity contribution in [3.05, 3.63) is 22.3 Å². The maximum Gasteiger partial charge on any atom is 0.165 e. The second-order valence-corrected chi connectivity index (χ2v) is 4.39. The Morgan fingerprint density at radius 1 is 1.00 bits per heavy atom. The van der Waals surface area contributed by atoms with Gasteiger partial charge in [0, 0.05) is 0 Å². The van der Waals surface area contributed by atoms with Crippen molar-refractivity contribution in [3.8, 4) is 11.5 Å². The van der Waals surface area contributed by atoms with E-state index in [4.69, 9.17) is 14.6 Å². The van der Waals surface area contributed by atoms with Gasteiger partial charge in [-0.2, -0.15) is 0 Å². The molecule has 1 aromatic carbocycles. The molecule has 0 aliphatic carbocycles. The summed E-state index contributed by atoms with van der Waals surface area (Å²) in [5.41, 5.74) is 4.73. The average Bonchev–Trinajstić information content (AvgIpc) is 2.33. The Morgan fingerprint density at radius 3 is 2.12 bits per heavy atom. The Hall–Kier alpha value is -1.22. The summed E-state index contributed by atoms with van der Waals surface area (Å²) in [7, 11) is 0. The van der Waals surface area contributed by atoms with Gasteiger partial charge in [0.1, 0.15) is 6.61 Å². The van der Waals surface area contributed by atoms with Gasteiger partial charge in [0.15, 0.2) is 17.6 Å². The van der Waals surface area contributed by atoms with Crippen LogP contribution in [0.1, 0.15) is 22.3 Å². The number of aliphatic hydroxyl groups is 1. The van der Waals surface area contributed by atoms with Crippen molar-refractivity contribution in [2.75, 3.05) is 13.2 Å². The Morgan fingerprint density at radius 2 is 1.56 bits per heavy atom. The summed E-state index contributed by atoms with van der Waals surface area (Å²) in [5.74, 6) is 1.64. The van der Waals surface area contributed by atoms with E-state index in [-0.39, 0.29) is 12.7 Å². The van der Waals surface area contributed by atoms with Crippen molar-refractivity contribution in [1.82, 2.24) is 0 Å². The molecular formula is C13H18O3. The van der Waals surface area contributed by atoms with Gasteiger partial charge in [-0.25, -0.2) is 0 Å². The van der Waals surface area contributed by atoms with Crippen molar-refractivity contribution in [2.45, 2.75) is 33.8 Å². The molecule has 3 heteroatoms. The lowest BCUT2D eigenvalue weighted by atomic mass is 9.97. The van der Waals surface area contributed by atoms with Crippen molar-refractivity contribution in [3.63, 3.8) is 0 Å². The number of ether oxygens (including phenoxy) is 2. The number of benzene rings is 1. The molecule has 0 fully saturated rings. The van der Waals surface area contributed by atoms with Crippen LogP contribution in [-0.2, 0) is 0 Å². The Labute approximate surface area is 96.0 Å². The van der Waals surface area contributed by atoms with Crippen LogP contribution in [-0.4, -0.2) is 24.4 Å². The summed E-state index contributed by atoms with van der Waals surface area (Å²) < 4.78 is 11.4. The van der Waals surface area contributed by atoms with E-state index in [2.05, 4.69) is 13.8 Å². The molecule has 1 aliphatic heterocycles. The van der Waals surface area contributed by atoms with Crippen LogP contribution in [0.4, 0.5) is 0 Å². The van der Waals surface area contributed by atoms with E-state index in [1.807, 2.05) is 13.8 Å². The first-order chi connectivity index (χ1) is 7.56. The highest BCUT2D eigenvalue weighted by Crippen LogP contribution is 2.41. The summed E-state index contributed by atoms with van der Waals surface area (Å²) in [6.07, 6.45) is -0.243. The molecule has 88 valence electrons. The van der Waals surface area contributed by atoms with Crippen LogP contribution in [0.5, 0.6) is 11.5 Å². The van der Waals surface area contributed by atoms with Gasteiger partial charge in [0.25, 0.3) is 0 Å². The molecule has 0 spiro atoms. The molecule has 1 aliphatic rings. The Bertz CT molecular complexity index is 424. The molecule has 0 bridgehead atoms. The van der Waals surface area contributed by atoms with Crippen molar-refractivity contribution >= 4 is 0 Å². The minimum absolute atomic E-state index is 0.00908. The normalized spacial score (nSPS) is 18.7. The molecule has 1 aromatic rings. The maximum absolute atomic E-state index is 9.10. The van der Waals surface area contributed by atoms with Crippen LogP contribution >= 0.6 is 0 Å². The molecule has 3 nitrogen and oxygen atoms in total. The highest BCUT2D eigenvalue weighted by molar-refractivity contribution is 5.59. The predicted molar refractivity (Wildman–Crippen MR) is 62.4 cm³/mol. The predicted octanol–water partition coefficient (Wildman–Crippen LogP) is 2.05. The van der Waals surface area contributed by atoms with Gasteiger partial charge in [-0.15, -0.1) is 0 Å². The molecule has 0 radical (unpaired) electrons. The highest BCUT2D eigenvalue weighted by atomic mass is 16.6. The van der Waals surface area contributed by atoms with Gasteiger partial charge in [-0.05, 0) is 49.9 Å².